The minimum absolute atomic E-state index is 0.0394. The van der Waals surface area contributed by atoms with Crippen molar-refractivity contribution >= 4 is 5.97 Å². The fraction of sp³-hybridized carbons (Fsp3) is 0.500. The van der Waals surface area contributed by atoms with E-state index in [4.69, 9.17) is 9.47 Å². The number of rotatable bonds is 8. The zero-order valence-corrected chi connectivity index (χ0v) is 11.1. The molecule has 0 N–H and O–H groups in total. The molecule has 0 aliphatic rings. The molecule has 0 fully saturated rings. The number of nitrogens with zero attached hydrogens (tertiary/aromatic N) is 1. The second-order valence-electron chi connectivity index (χ2n) is 3.85. The van der Waals surface area contributed by atoms with Crippen LogP contribution >= 0.6 is 0 Å². The summed E-state index contributed by atoms with van der Waals surface area (Å²) in [4.78, 5) is 13.6. The van der Waals surface area contributed by atoms with E-state index < -0.39 is 0 Å². The van der Waals surface area contributed by atoms with Crippen molar-refractivity contribution in [3.8, 4) is 5.75 Å². The summed E-state index contributed by atoms with van der Waals surface area (Å²) in [7, 11) is 0. The van der Waals surface area contributed by atoms with Gasteiger partial charge in [-0.3, -0.25) is 0 Å². The van der Waals surface area contributed by atoms with Gasteiger partial charge in [0, 0.05) is 6.54 Å². The van der Waals surface area contributed by atoms with E-state index in [-0.39, 0.29) is 12.6 Å². The summed E-state index contributed by atoms with van der Waals surface area (Å²) in [5, 5.41) is 0. The third kappa shape index (κ3) is 5.68. The van der Waals surface area contributed by atoms with Crippen molar-refractivity contribution in [3.63, 3.8) is 0 Å². The quantitative estimate of drug-likeness (QED) is 0.662. The van der Waals surface area contributed by atoms with Gasteiger partial charge in [0.25, 0.3) is 0 Å². The normalized spacial score (nSPS) is 10.4. The Kier molecular flexibility index (Phi) is 6.87. The zero-order chi connectivity index (χ0) is 13.2. The second-order valence-corrected chi connectivity index (χ2v) is 3.85. The number of para-hydroxylation sites is 1. The number of hydrogen-bond donors (Lipinski definition) is 0. The number of carbonyl (C=O) groups excluding carboxylic acids is 1. The number of benzene rings is 1. The molecule has 100 valence electrons. The summed E-state index contributed by atoms with van der Waals surface area (Å²) < 4.78 is 10.4. The van der Waals surface area contributed by atoms with E-state index in [1.807, 2.05) is 30.3 Å². The first kappa shape index (κ1) is 14.5. The average Bonchev–Trinajstić information content (AvgIpc) is 2.42. The molecule has 0 aliphatic carbocycles. The van der Waals surface area contributed by atoms with Gasteiger partial charge in [-0.25, -0.2) is 4.79 Å². The number of likely N-dealkylation sites (N-methyl/N-ethyl adjacent to an activating group) is 1. The highest BCUT2D eigenvalue weighted by molar-refractivity contribution is 5.71. The van der Waals surface area contributed by atoms with Crippen molar-refractivity contribution in [2.45, 2.75) is 13.8 Å². The molecular weight excluding hydrogens is 230 g/mol. The maximum Gasteiger partial charge on any atom is 0.344 e. The van der Waals surface area contributed by atoms with Crippen LogP contribution in [0.4, 0.5) is 0 Å². The third-order valence-corrected chi connectivity index (χ3v) is 2.66. The molecule has 4 nitrogen and oxygen atoms in total. The average molecular weight is 251 g/mol. The van der Waals surface area contributed by atoms with E-state index in [0.29, 0.717) is 12.4 Å². The Morgan fingerprint density at radius 3 is 2.44 bits per heavy atom. The summed E-state index contributed by atoms with van der Waals surface area (Å²) in [6.07, 6.45) is 0. The summed E-state index contributed by atoms with van der Waals surface area (Å²) in [5.41, 5.74) is 0. The molecule has 18 heavy (non-hydrogen) atoms. The van der Waals surface area contributed by atoms with Crippen molar-refractivity contribution in [2.24, 2.45) is 0 Å². The van der Waals surface area contributed by atoms with Crippen LogP contribution in [0.25, 0.3) is 0 Å². The van der Waals surface area contributed by atoms with Crippen LogP contribution < -0.4 is 4.74 Å². The Morgan fingerprint density at radius 1 is 1.17 bits per heavy atom. The summed E-state index contributed by atoms with van der Waals surface area (Å²) in [6, 6.07) is 9.24. The second kappa shape index (κ2) is 8.53. The monoisotopic (exact) mass is 251 g/mol. The van der Waals surface area contributed by atoms with Crippen molar-refractivity contribution in [1.29, 1.82) is 0 Å². The smallest absolute Gasteiger partial charge is 0.344 e. The van der Waals surface area contributed by atoms with Gasteiger partial charge in [0.05, 0.1) is 0 Å². The first-order valence-corrected chi connectivity index (χ1v) is 6.32. The molecule has 0 heterocycles. The van der Waals surface area contributed by atoms with Crippen molar-refractivity contribution in [1.82, 2.24) is 4.90 Å². The molecule has 0 saturated carbocycles. The van der Waals surface area contributed by atoms with E-state index in [1.54, 1.807) is 0 Å². The van der Waals surface area contributed by atoms with Gasteiger partial charge >= 0.3 is 5.97 Å². The SMILES string of the molecule is CCN(CC)CCOC(=O)COc1ccccc1. The van der Waals surface area contributed by atoms with E-state index in [1.165, 1.54) is 0 Å². The van der Waals surface area contributed by atoms with Gasteiger partial charge in [0.1, 0.15) is 12.4 Å². The molecule has 1 aromatic carbocycles. The molecule has 1 rings (SSSR count). The Morgan fingerprint density at radius 2 is 1.83 bits per heavy atom. The fourth-order valence-corrected chi connectivity index (χ4v) is 1.53. The number of ether oxygens (including phenoxy) is 2. The predicted octanol–water partition coefficient (Wildman–Crippen LogP) is 1.95. The molecule has 0 aromatic heterocycles. The van der Waals surface area contributed by atoms with E-state index >= 15 is 0 Å². The van der Waals surface area contributed by atoms with Gasteiger partial charge in [0.2, 0.25) is 0 Å². The molecule has 0 saturated heterocycles. The predicted molar refractivity (Wildman–Crippen MR) is 70.7 cm³/mol. The highest BCUT2D eigenvalue weighted by Gasteiger charge is 2.05. The third-order valence-electron chi connectivity index (χ3n) is 2.66. The van der Waals surface area contributed by atoms with Crippen LogP contribution in [-0.2, 0) is 9.53 Å². The lowest BCUT2D eigenvalue weighted by atomic mass is 10.3. The van der Waals surface area contributed by atoms with Crippen LogP contribution in [0.2, 0.25) is 0 Å². The standard InChI is InChI=1S/C14H21NO3/c1-3-15(4-2)10-11-17-14(16)12-18-13-8-6-5-7-9-13/h5-9H,3-4,10-12H2,1-2H3. The van der Waals surface area contributed by atoms with Crippen molar-refractivity contribution in [3.05, 3.63) is 30.3 Å². The van der Waals surface area contributed by atoms with E-state index in [2.05, 4.69) is 18.7 Å². The number of hydrogen-bond acceptors (Lipinski definition) is 4. The van der Waals surface area contributed by atoms with Gasteiger partial charge in [-0.15, -0.1) is 0 Å². The summed E-state index contributed by atoms with van der Waals surface area (Å²) in [6.45, 7) is 7.25. The molecule has 0 aliphatic heterocycles. The molecule has 0 amide bonds. The Labute approximate surface area is 108 Å². The van der Waals surface area contributed by atoms with Gasteiger partial charge in [-0.2, -0.15) is 0 Å². The lowest BCUT2D eigenvalue weighted by Crippen LogP contribution is -2.28. The van der Waals surface area contributed by atoms with E-state index in [0.717, 1.165) is 19.6 Å². The molecule has 0 bridgehead atoms. The maximum absolute atomic E-state index is 11.4. The molecule has 0 spiro atoms. The van der Waals surface area contributed by atoms with Gasteiger partial charge in [-0.05, 0) is 25.2 Å². The van der Waals surface area contributed by atoms with Crippen LogP contribution in [0.3, 0.4) is 0 Å². The van der Waals surface area contributed by atoms with Gasteiger partial charge in [-0.1, -0.05) is 32.0 Å². The molecular formula is C14H21NO3. The molecule has 0 atom stereocenters. The fourth-order valence-electron chi connectivity index (χ4n) is 1.53. The van der Waals surface area contributed by atoms with Crippen molar-refractivity contribution in [2.75, 3.05) is 32.8 Å². The van der Waals surface area contributed by atoms with Gasteiger partial charge < -0.3 is 14.4 Å². The first-order chi connectivity index (χ1) is 8.76. The molecule has 4 heteroatoms. The first-order valence-electron chi connectivity index (χ1n) is 6.32. The Bertz CT molecular complexity index is 336. The van der Waals surface area contributed by atoms with Crippen LogP contribution in [-0.4, -0.2) is 43.7 Å². The molecule has 0 unspecified atom stereocenters. The lowest BCUT2D eigenvalue weighted by Gasteiger charge is -2.17. The van der Waals surface area contributed by atoms with Crippen LogP contribution in [0, 0.1) is 0 Å². The minimum atomic E-state index is -0.328. The topological polar surface area (TPSA) is 38.8 Å². The highest BCUT2D eigenvalue weighted by Crippen LogP contribution is 2.07. The number of carbonyl (C=O) groups is 1. The Hall–Kier alpha value is -1.55. The maximum atomic E-state index is 11.4. The summed E-state index contributed by atoms with van der Waals surface area (Å²) >= 11 is 0. The lowest BCUT2D eigenvalue weighted by molar-refractivity contribution is -0.146. The van der Waals surface area contributed by atoms with Crippen molar-refractivity contribution < 1.29 is 14.3 Å². The zero-order valence-electron chi connectivity index (χ0n) is 11.1. The molecule has 0 radical (unpaired) electrons. The molecule has 1 aromatic rings. The summed E-state index contributed by atoms with van der Waals surface area (Å²) in [5.74, 6) is 0.351. The minimum Gasteiger partial charge on any atom is -0.482 e. The van der Waals surface area contributed by atoms with Crippen LogP contribution in [0.15, 0.2) is 30.3 Å². The van der Waals surface area contributed by atoms with Crippen LogP contribution in [0.1, 0.15) is 13.8 Å². The van der Waals surface area contributed by atoms with Crippen LogP contribution in [0.5, 0.6) is 5.75 Å². The van der Waals surface area contributed by atoms with E-state index in [9.17, 15) is 4.79 Å². The highest BCUT2D eigenvalue weighted by atomic mass is 16.6. The Balaban J connectivity index is 2.14. The number of esters is 1. The largest absolute Gasteiger partial charge is 0.482 e. The van der Waals surface area contributed by atoms with Gasteiger partial charge in [0.15, 0.2) is 6.61 Å².